The summed E-state index contributed by atoms with van der Waals surface area (Å²) >= 11 is 0. The summed E-state index contributed by atoms with van der Waals surface area (Å²) in [5, 5.41) is 12.5. The van der Waals surface area contributed by atoms with Gasteiger partial charge in [-0.2, -0.15) is 18.4 Å². The Morgan fingerprint density at radius 2 is 1.93 bits per heavy atom. The van der Waals surface area contributed by atoms with Crippen molar-refractivity contribution in [2.75, 3.05) is 74.5 Å². The molecule has 0 unspecified atom stereocenters. The maximum Gasteiger partial charge on any atom is 0.417 e. The fraction of sp³-hybridized carbons (Fsp3) is 0.500. The number of para-hydroxylation sites is 1. The molecule has 0 spiro atoms. The van der Waals surface area contributed by atoms with Gasteiger partial charge in [0.05, 0.1) is 16.9 Å². The zero-order valence-corrected chi connectivity index (χ0v) is 26.1. The number of halogens is 4. The van der Waals surface area contributed by atoms with Crippen LogP contribution in [0.4, 0.5) is 34.8 Å². The van der Waals surface area contributed by atoms with E-state index in [0.717, 1.165) is 25.7 Å². The Morgan fingerprint density at radius 3 is 2.59 bits per heavy atom. The predicted molar refractivity (Wildman–Crippen MR) is 166 cm³/mol. The molecule has 246 valence electrons. The van der Waals surface area contributed by atoms with Crippen LogP contribution in [-0.2, 0) is 15.8 Å². The van der Waals surface area contributed by atoms with Gasteiger partial charge in [0.2, 0.25) is 11.8 Å². The first-order chi connectivity index (χ1) is 21.8. The Kier molecular flexibility index (Phi) is 9.55. The van der Waals surface area contributed by atoms with Gasteiger partial charge in [-0.25, -0.2) is 9.37 Å². The van der Waals surface area contributed by atoms with Crippen LogP contribution in [0.25, 0.3) is 0 Å². The van der Waals surface area contributed by atoms with E-state index in [4.69, 9.17) is 0 Å². The number of amides is 2. The Morgan fingerprint density at radius 1 is 1.20 bits per heavy atom. The van der Waals surface area contributed by atoms with Gasteiger partial charge in [0, 0.05) is 77.2 Å². The van der Waals surface area contributed by atoms with Gasteiger partial charge in [-0.3, -0.25) is 19.4 Å². The molecule has 5 rings (SSSR count). The maximum absolute atomic E-state index is 15.4. The third-order valence-corrected chi connectivity index (χ3v) is 9.15. The average Bonchev–Trinajstić information content (AvgIpc) is 2.98. The standard InChI is InChI=1S/C32H38F4N8O2/c1-5-28(45)44-18-22(19-44)43-14-12-41(21(3)17-43)11-13-42-10-9-26(31(46)40(4)27-8-6-7-25(33)29(27)42)39-30-23(16-37)24(32(34,35)36)15-20(2)38-30/h5-8,15,21-22,26H,1,9-14,17-19H2,2-4H3,(H,38,39)/t21-,26+/m1/s1. The molecule has 46 heavy (non-hydrogen) atoms. The average molecular weight is 643 g/mol. The number of benzene rings is 1. The van der Waals surface area contributed by atoms with Crippen molar-refractivity contribution in [3.63, 3.8) is 0 Å². The van der Waals surface area contributed by atoms with Gasteiger partial charge in [-0.1, -0.05) is 12.6 Å². The highest BCUT2D eigenvalue weighted by Gasteiger charge is 2.39. The van der Waals surface area contributed by atoms with Crippen LogP contribution >= 0.6 is 0 Å². The van der Waals surface area contributed by atoms with Crippen molar-refractivity contribution in [1.29, 1.82) is 5.26 Å². The number of fused-ring (bicyclic) bond motifs is 1. The van der Waals surface area contributed by atoms with Crippen molar-refractivity contribution in [2.45, 2.75) is 44.6 Å². The molecule has 3 aliphatic rings. The van der Waals surface area contributed by atoms with Gasteiger partial charge in [0.1, 0.15) is 29.3 Å². The van der Waals surface area contributed by atoms with Crippen LogP contribution in [0.1, 0.15) is 30.2 Å². The summed E-state index contributed by atoms with van der Waals surface area (Å²) in [5.74, 6) is -1.34. The molecule has 4 heterocycles. The highest BCUT2D eigenvalue weighted by molar-refractivity contribution is 6.01. The zero-order chi connectivity index (χ0) is 33.3. The number of piperazine rings is 1. The topological polar surface area (TPSA) is 99.0 Å². The number of hydrogen-bond donors (Lipinski definition) is 1. The fourth-order valence-electron chi connectivity index (χ4n) is 6.53. The maximum atomic E-state index is 15.4. The lowest BCUT2D eigenvalue weighted by atomic mass is 10.0. The normalized spacial score (nSPS) is 21.6. The lowest BCUT2D eigenvalue weighted by Gasteiger charge is -2.50. The van der Waals surface area contributed by atoms with E-state index in [1.807, 2.05) is 4.90 Å². The molecule has 1 aromatic carbocycles. The second-order valence-electron chi connectivity index (χ2n) is 12.1. The number of nitrogens with zero attached hydrogens (tertiary/aromatic N) is 7. The molecule has 2 amide bonds. The lowest BCUT2D eigenvalue weighted by molar-refractivity contribution is -0.138. The van der Waals surface area contributed by atoms with E-state index < -0.39 is 35.1 Å². The van der Waals surface area contributed by atoms with Crippen LogP contribution in [0, 0.1) is 24.1 Å². The summed E-state index contributed by atoms with van der Waals surface area (Å²) in [4.78, 5) is 39.3. The van der Waals surface area contributed by atoms with Crippen LogP contribution in [0.5, 0.6) is 0 Å². The summed E-state index contributed by atoms with van der Waals surface area (Å²) in [6, 6.07) is 6.41. The Balaban J connectivity index is 1.32. The summed E-state index contributed by atoms with van der Waals surface area (Å²) in [5.41, 5.74) is -1.14. The minimum absolute atomic E-state index is 0.0450. The number of likely N-dealkylation sites (tertiary alicyclic amines) is 1. The molecule has 3 aliphatic heterocycles. The molecule has 1 aromatic heterocycles. The van der Waals surface area contributed by atoms with Crippen LogP contribution in [-0.4, -0.2) is 109 Å². The van der Waals surface area contributed by atoms with E-state index in [-0.39, 0.29) is 42.1 Å². The summed E-state index contributed by atoms with van der Waals surface area (Å²) < 4.78 is 56.6. The molecule has 0 bridgehead atoms. The number of carbonyl (C=O) groups is 2. The van der Waals surface area contributed by atoms with Gasteiger partial charge >= 0.3 is 6.18 Å². The number of pyridine rings is 1. The number of carbonyl (C=O) groups excluding carboxylic acids is 2. The fourth-order valence-corrected chi connectivity index (χ4v) is 6.53. The van der Waals surface area contributed by atoms with Crippen LogP contribution in [0.3, 0.4) is 0 Å². The van der Waals surface area contributed by atoms with Crippen molar-refractivity contribution in [2.24, 2.45) is 0 Å². The van der Waals surface area contributed by atoms with E-state index in [0.29, 0.717) is 37.9 Å². The number of aryl methyl sites for hydroxylation is 1. The number of likely N-dealkylation sites (N-methyl/N-ethyl adjacent to an activating group) is 1. The molecule has 2 saturated heterocycles. The van der Waals surface area contributed by atoms with E-state index >= 15 is 4.39 Å². The number of aromatic nitrogens is 1. The number of rotatable bonds is 7. The molecule has 1 N–H and O–H groups in total. The second kappa shape index (κ2) is 13.3. The van der Waals surface area contributed by atoms with Crippen molar-refractivity contribution in [3.8, 4) is 6.07 Å². The first kappa shape index (κ1) is 33.2. The van der Waals surface area contributed by atoms with Gasteiger partial charge in [0.25, 0.3) is 0 Å². The molecular formula is C32H38F4N8O2. The van der Waals surface area contributed by atoms with Crippen molar-refractivity contribution in [3.05, 3.63) is 59.6 Å². The number of alkyl halides is 3. The van der Waals surface area contributed by atoms with Gasteiger partial charge in [-0.15, -0.1) is 0 Å². The Bertz CT molecular complexity index is 1540. The molecule has 2 atom stereocenters. The molecule has 10 nitrogen and oxygen atoms in total. The quantitative estimate of drug-likeness (QED) is 0.362. The van der Waals surface area contributed by atoms with E-state index in [2.05, 4.69) is 33.6 Å². The largest absolute Gasteiger partial charge is 0.417 e. The summed E-state index contributed by atoms with van der Waals surface area (Å²) in [7, 11) is 1.50. The Labute approximate surface area is 265 Å². The van der Waals surface area contributed by atoms with Crippen LogP contribution in [0.2, 0.25) is 0 Å². The summed E-state index contributed by atoms with van der Waals surface area (Å²) in [6.07, 6.45) is -3.32. The van der Waals surface area contributed by atoms with Gasteiger partial charge < -0.3 is 20.0 Å². The first-order valence-electron chi connectivity index (χ1n) is 15.3. The minimum Gasteiger partial charge on any atom is -0.366 e. The van der Waals surface area contributed by atoms with E-state index in [9.17, 15) is 28.0 Å². The van der Waals surface area contributed by atoms with Crippen molar-refractivity contribution < 1.29 is 27.2 Å². The molecule has 0 saturated carbocycles. The number of nitrogens with one attached hydrogen (secondary N) is 1. The minimum atomic E-state index is -4.78. The molecule has 14 heteroatoms. The first-order valence-corrected chi connectivity index (χ1v) is 15.3. The number of hydrogen-bond acceptors (Lipinski definition) is 8. The number of nitriles is 1. The molecular weight excluding hydrogens is 604 g/mol. The Hall–Kier alpha value is -4.22. The van der Waals surface area contributed by atoms with Gasteiger partial charge in [-0.05, 0) is 44.5 Å². The van der Waals surface area contributed by atoms with Crippen molar-refractivity contribution >= 4 is 29.0 Å². The van der Waals surface area contributed by atoms with E-state index in [1.54, 1.807) is 17.0 Å². The smallest absolute Gasteiger partial charge is 0.366 e. The monoisotopic (exact) mass is 642 g/mol. The molecule has 2 fully saturated rings. The molecule has 0 radical (unpaired) electrons. The van der Waals surface area contributed by atoms with E-state index in [1.165, 1.54) is 37.1 Å². The second-order valence-corrected chi connectivity index (χ2v) is 12.1. The zero-order valence-electron chi connectivity index (χ0n) is 26.1. The summed E-state index contributed by atoms with van der Waals surface area (Å²) in [6.45, 7) is 12.2. The van der Waals surface area contributed by atoms with Crippen LogP contribution in [0.15, 0.2) is 36.9 Å². The van der Waals surface area contributed by atoms with Crippen molar-refractivity contribution in [1.82, 2.24) is 19.7 Å². The highest BCUT2D eigenvalue weighted by Crippen LogP contribution is 2.37. The van der Waals surface area contributed by atoms with Crippen LogP contribution < -0.4 is 15.1 Å². The predicted octanol–water partition coefficient (Wildman–Crippen LogP) is 3.48. The lowest BCUT2D eigenvalue weighted by Crippen LogP contribution is -2.65. The molecule has 2 aromatic rings. The molecule has 0 aliphatic carbocycles. The highest BCUT2D eigenvalue weighted by atomic mass is 19.4. The third kappa shape index (κ3) is 6.66. The van der Waals surface area contributed by atoms with Gasteiger partial charge in [0.15, 0.2) is 0 Å². The number of anilines is 3. The third-order valence-electron chi connectivity index (χ3n) is 9.15. The SMILES string of the molecule is C=CC(=O)N1CC(N2CCN(CCN3CC[C@H](Nc4nc(C)cc(C(F)(F)F)c4C#N)C(=O)N(C)c4cccc(F)c43)[C@H](C)C2)C1.